The van der Waals surface area contributed by atoms with Gasteiger partial charge in [-0.25, -0.2) is 4.79 Å². The van der Waals surface area contributed by atoms with Crippen molar-refractivity contribution in [3.8, 4) is 6.07 Å². The maximum absolute atomic E-state index is 11.9. The molecule has 0 bridgehead atoms. The van der Waals surface area contributed by atoms with Gasteiger partial charge in [0.1, 0.15) is 5.60 Å². The summed E-state index contributed by atoms with van der Waals surface area (Å²) in [5.74, 6) is 0. The Bertz CT molecular complexity index is 550. The molecule has 0 aliphatic heterocycles. The van der Waals surface area contributed by atoms with Crippen LogP contribution in [0.2, 0.25) is 0 Å². The second kappa shape index (κ2) is 6.25. The fraction of sp³-hybridized carbons (Fsp3) is 0.375. The van der Waals surface area contributed by atoms with Crippen LogP contribution in [-0.2, 0) is 4.74 Å². The van der Waals surface area contributed by atoms with E-state index < -0.39 is 11.7 Å². The van der Waals surface area contributed by atoms with E-state index in [1.54, 1.807) is 25.2 Å². The fourth-order valence-corrected chi connectivity index (χ4v) is 1.59. The number of nitrogens with zero attached hydrogens (tertiary/aromatic N) is 2. The lowest BCUT2D eigenvalue weighted by Crippen LogP contribution is -2.35. The predicted octanol–water partition coefficient (Wildman–Crippen LogP) is 3.44. The molecule has 0 unspecified atom stereocenters. The standard InChI is InChI=1S/C16H20N2O2/c1-12(14-8-6-7-13(9-14)10-17)11-18(5)15(19)20-16(2,3)4/h6-9H,1,11H2,2-5H3. The minimum atomic E-state index is -0.520. The Hall–Kier alpha value is -2.28. The van der Waals surface area contributed by atoms with Gasteiger partial charge in [-0.3, -0.25) is 0 Å². The van der Waals surface area contributed by atoms with E-state index in [1.165, 1.54) is 4.90 Å². The highest BCUT2D eigenvalue weighted by atomic mass is 16.6. The van der Waals surface area contributed by atoms with Crippen LogP contribution in [-0.4, -0.2) is 30.2 Å². The van der Waals surface area contributed by atoms with E-state index in [1.807, 2.05) is 26.8 Å². The number of carbonyl (C=O) groups excluding carboxylic acids is 1. The number of hydrogen-bond donors (Lipinski definition) is 0. The zero-order chi connectivity index (χ0) is 15.3. The van der Waals surface area contributed by atoms with Crippen molar-refractivity contribution in [3.63, 3.8) is 0 Å². The summed E-state index contributed by atoms with van der Waals surface area (Å²) in [7, 11) is 1.66. The Kier molecular flexibility index (Phi) is 4.93. The summed E-state index contributed by atoms with van der Waals surface area (Å²) in [6, 6.07) is 9.23. The van der Waals surface area contributed by atoms with Gasteiger partial charge >= 0.3 is 6.09 Å². The fourth-order valence-electron chi connectivity index (χ4n) is 1.59. The molecular weight excluding hydrogens is 252 g/mol. The Morgan fingerprint density at radius 2 is 2.10 bits per heavy atom. The van der Waals surface area contributed by atoms with Gasteiger partial charge in [0.05, 0.1) is 11.6 Å². The molecule has 0 atom stereocenters. The van der Waals surface area contributed by atoms with Gasteiger partial charge in [-0.05, 0) is 44.0 Å². The summed E-state index contributed by atoms with van der Waals surface area (Å²) in [6.07, 6.45) is -0.393. The first-order valence-electron chi connectivity index (χ1n) is 6.35. The molecule has 1 rings (SSSR count). The van der Waals surface area contributed by atoms with Crippen LogP contribution in [0.5, 0.6) is 0 Å². The molecule has 0 aliphatic carbocycles. The number of nitriles is 1. The minimum absolute atomic E-state index is 0.351. The topological polar surface area (TPSA) is 53.3 Å². The molecule has 0 spiro atoms. The summed E-state index contributed by atoms with van der Waals surface area (Å²) in [5, 5.41) is 8.88. The maximum atomic E-state index is 11.9. The third-order valence-electron chi connectivity index (χ3n) is 2.53. The number of rotatable bonds is 3. The quantitative estimate of drug-likeness (QED) is 0.847. The molecule has 106 valence electrons. The predicted molar refractivity (Wildman–Crippen MR) is 79.1 cm³/mol. The molecule has 0 fully saturated rings. The zero-order valence-electron chi connectivity index (χ0n) is 12.4. The van der Waals surface area contributed by atoms with Crippen molar-refractivity contribution >= 4 is 11.7 Å². The van der Waals surface area contributed by atoms with Crippen molar-refractivity contribution in [3.05, 3.63) is 42.0 Å². The molecular formula is C16H20N2O2. The Morgan fingerprint density at radius 3 is 2.65 bits per heavy atom. The van der Waals surface area contributed by atoms with Crippen LogP contribution in [0.25, 0.3) is 5.57 Å². The van der Waals surface area contributed by atoms with Gasteiger partial charge in [0, 0.05) is 13.6 Å². The summed E-state index contributed by atoms with van der Waals surface area (Å²) >= 11 is 0. The third-order valence-corrected chi connectivity index (χ3v) is 2.53. The molecule has 0 heterocycles. The average molecular weight is 272 g/mol. The van der Waals surface area contributed by atoms with E-state index >= 15 is 0 Å². The molecule has 0 aromatic heterocycles. The van der Waals surface area contributed by atoms with Gasteiger partial charge in [-0.1, -0.05) is 18.7 Å². The number of amides is 1. The van der Waals surface area contributed by atoms with E-state index in [0.29, 0.717) is 12.1 Å². The Morgan fingerprint density at radius 1 is 1.45 bits per heavy atom. The van der Waals surface area contributed by atoms with Crippen LogP contribution >= 0.6 is 0 Å². The lowest BCUT2D eigenvalue weighted by atomic mass is 10.0. The number of ether oxygens (including phenoxy) is 1. The number of hydrogen-bond acceptors (Lipinski definition) is 3. The Labute approximate surface area is 120 Å². The van der Waals surface area contributed by atoms with Crippen LogP contribution in [0, 0.1) is 11.3 Å². The van der Waals surface area contributed by atoms with Gasteiger partial charge in [0.15, 0.2) is 0 Å². The normalized spacial score (nSPS) is 10.6. The highest BCUT2D eigenvalue weighted by Gasteiger charge is 2.20. The van der Waals surface area contributed by atoms with E-state index in [-0.39, 0.29) is 0 Å². The number of carbonyl (C=O) groups is 1. The lowest BCUT2D eigenvalue weighted by molar-refractivity contribution is 0.0321. The van der Waals surface area contributed by atoms with Gasteiger partial charge in [-0.2, -0.15) is 5.26 Å². The molecule has 4 nitrogen and oxygen atoms in total. The first kappa shape index (κ1) is 15.8. The largest absolute Gasteiger partial charge is 0.444 e. The summed E-state index contributed by atoms with van der Waals surface area (Å²) < 4.78 is 5.27. The maximum Gasteiger partial charge on any atom is 0.410 e. The average Bonchev–Trinajstić information content (AvgIpc) is 2.36. The summed E-state index contributed by atoms with van der Waals surface area (Å²) in [6.45, 7) is 9.78. The zero-order valence-corrected chi connectivity index (χ0v) is 12.4. The molecule has 0 radical (unpaired) electrons. The molecule has 4 heteroatoms. The van der Waals surface area contributed by atoms with Crippen molar-refractivity contribution in [2.24, 2.45) is 0 Å². The lowest BCUT2D eigenvalue weighted by Gasteiger charge is -2.25. The second-order valence-corrected chi connectivity index (χ2v) is 5.63. The third kappa shape index (κ3) is 4.77. The van der Waals surface area contributed by atoms with Crippen molar-refractivity contribution in [2.45, 2.75) is 26.4 Å². The summed E-state index contributed by atoms with van der Waals surface area (Å²) in [5.41, 5.74) is 1.66. The highest BCUT2D eigenvalue weighted by Crippen LogP contribution is 2.16. The first-order valence-corrected chi connectivity index (χ1v) is 6.35. The van der Waals surface area contributed by atoms with Crippen molar-refractivity contribution < 1.29 is 9.53 Å². The second-order valence-electron chi connectivity index (χ2n) is 5.63. The smallest absolute Gasteiger partial charge is 0.410 e. The number of benzene rings is 1. The van der Waals surface area contributed by atoms with Gasteiger partial charge in [0.25, 0.3) is 0 Å². The van der Waals surface area contributed by atoms with Gasteiger partial charge in [-0.15, -0.1) is 0 Å². The molecule has 0 saturated heterocycles. The van der Waals surface area contributed by atoms with E-state index in [4.69, 9.17) is 10.00 Å². The van der Waals surface area contributed by atoms with Crippen molar-refractivity contribution in [2.75, 3.05) is 13.6 Å². The van der Waals surface area contributed by atoms with Crippen LogP contribution in [0.3, 0.4) is 0 Å². The molecule has 1 aromatic carbocycles. The molecule has 0 N–H and O–H groups in total. The molecule has 0 saturated carbocycles. The van der Waals surface area contributed by atoms with Crippen LogP contribution < -0.4 is 0 Å². The summed E-state index contributed by atoms with van der Waals surface area (Å²) in [4.78, 5) is 13.3. The minimum Gasteiger partial charge on any atom is -0.444 e. The Balaban J connectivity index is 2.70. The molecule has 1 aromatic rings. The van der Waals surface area contributed by atoms with E-state index in [9.17, 15) is 4.79 Å². The van der Waals surface area contributed by atoms with Crippen molar-refractivity contribution in [1.29, 1.82) is 5.26 Å². The molecule has 20 heavy (non-hydrogen) atoms. The SMILES string of the molecule is C=C(CN(C)C(=O)OC(C)(C)C)c1cccc(C#N)c1. The molecule has 1 amide bonds. The van der Waals surface area contributed by atoms with Gasteiger partial charge < -0.3 is 9.64 Å². The number of likely N-dealkylation sites (N-methyl/N-ethyl adjacent to an activating group) is 1. The molecule has 0 aliphatic rings. The highest BCUT2D eigenvalue weighted by molar-refractivity contribution is 5.73. The first-order chi connectivity index (χ1) is 9.23. The van der Waals surface area contributed by atoms with Crippen LogP contribution in [0.4, 0.5) is 4.79 Å². The van der Waals surface area contributed by atoms with Crippen LogP contribution in [0.15, 0.2) is 30.8 Å². The van der Waals surface area contributed by atoms with Crippen molar-refractivity contribution in [1.82, 2.24) is 4.90 Å². The van der Waals surface area contributed by atoms with Gasteiger partial charge in [0.2, 0.25) is 0 Å². The van der Waals surface area contributed by atoms with E-state index in [2.05, 4.69) is 12.6 Å². The van der Waals surface area contributed by atoms with E-state index in [0.717, 1.165) is 11.1 Å². The monoisotopic (exact) mass is 272 g/mol. The van der Waals surface area contributed by atoms with Crippen LogP contribution in [0.1, 0.15) is 31.9 Å².